The minimum atomic E-state index is 0.465. The maximum absolute atomic E-state index is 5.57. The van der Waals surface area contributed by atoms with E-state index in [-0.39, 0.29) is 0 Å². The zero-order valence-corrected chi connectivity index (χ0v) is 11.7. The zero-order chi connectivity index (χ0) is 13.9. The highest BCUT2D eigenvalue weighted by atomic mass is 15.3. The first-order chi connectivity index (χ1) is 9.72. The third kappa shape index (κ3) is 2.66. The van der Waals surface area contributed by atoms with Gasteiger partial charge in [-0.2, -0.15) is 0 Å². The van der Waals surface area contributed by atoms with Gasteiger partial charge < -0.3 is 15.5 Å². The van der Waals surface area contributed by atoms with Crippen LogP contribution in [0, 0.1) is 6.92 Å². The summed E-state index contributed by atoms with van der Waals surface area (Å²) in [5.41, 5.74) is 8.17. The first kappa shape index (κ1) is 12.7. The monoisotopic (exact) mass is 269 g/mol. The van der Waals surface area contributed by atoms with Crippen LogP contribution in [-0.4, -0.2) is 36.1 Å². The Bertz CT molecular complexity index is 573. The van der Waals surface area contributed by atoms with E-state index in [2.05, 4.69) is 51.0 Å². The van der Waals surface area contributed by atoms with Gasteiger partial charge in [0.15, 0.2) is 0 Å². The molecule has 1 aliphatic rings. The molecule has 5 nitrogen and oxygen atoms in total. The van der Waals surface area contributed by atoms with E-state index in [0.29, 0.717) is 5.82 Å². The fraction of sp³-hybridized carbons (Fsp3) is 0.333. The first-order valence-electron chi connectivity index (χ1n) is 6.86. The Morgan fingerprint density at radius 2 is 1.75 bits per heavy atom. The molecule has 0 spiro atoms. The Balaban J connectivity index is 1.66. The number of anilines is 3. The molecule has 0 atom stereocenters. The van der Waals surface area contributed by atoms with E-state index in [1.807, 2.05) is 0 Å². The summed E-state index contributed by atoms with van der Waals surface area (Å²) < 4.78 is 0. The standard InChI is InChI=1S/C15H19N5/c1-12-3-2-4-13(9-12)19-5-7-20(8-6-19)15-11-17-14(16)10-18-15/h2-4,9-11H,5-8H2,1H3,(H2,16,17). The number of nitrogens with two attached hydrogens (primary N) is 1. The van der Waals surface area contributed by atoms with Crippen LogP contribution < -0.4 is 15.5 Å². The highest BCUT2D eigenvalue weighted by molar-refractivity contribution is 5.50. The number of benzene rings is 1. The summed E-state index contributed by atoms with van der Waals surface area (Å²) in [5, 5.41) is 0. The van der Waals surface area contributed by atoms with Crippen molar-refractivity contribution in [1.29, 1.82) is 0 Å². The van der Waals surface area contributed by atoms with Crippen LogP contribution in [0.2, 0.25) is 0 Å². The summed E-state index contributed by atoms with van der Waals surface area (Å²) in [6.07, 6.45) is 3.36. The van der Waals surface area contributed by atoms with Gasteiger partial charge in [-0.3, -0.25) is 0 Å². The Morgan fingerprint density at radius 1 is 1.00 bits per heavy atom. The van der Waals surface area contributed by atoms with Crippen molar-refractivity contribution in [2.24, 2.45) is 0 Å². The number of nitrogen functional groups attached to an aromatic ring is 1. The van der Waals surface area contributed by atoms with E-state index in [1.54, 1.807) is 12.4 Å². The molecule has 1 saturated heterocycles. The van der Waals surface area contributed by atoms with Gasteiger partial charge in [0.2, 0.25) is 0 Å². The number of nitrogens with zero attached hydrogens (tertiary/aromatic N) is 4. The quantitative estimate of drug-likeness (QED) is 0.899. The lowest BCUT2D eigenvalue weighted by molar-refractivity contribution is 0.646. The number of hydrogen-bond acceptors (Lipinski definition) is 5. The molecule has 1 aliphatic heterocycles. The summed E-state index contributed by atoms with van der Waals surface area (Å²) in [5.74, 6) is 1.37. The van der Waals surface area contributed by atoms with Gasteiger partial charge in [-0.05, 0) is 24.6 Å². The van der Waals surface area contributed by atoms with Crippen LogP contribution in [0.15, 0.2) is 36.7 Å². The van der Waals surface area contributed by atoms with E-state index in [1.165, 1.54) is 11.3 Å². The lowest BCUT2D eigenvalue weighted by Crippen LogP contribution is -2.46. The van der Waals surface area contributed by atoms with E-state index in [9.17, 15) is 0 Å². The van der Waals surface area contributed by atoms with Gasteiger partial charge in [-0.25, -0.2) is 9.97 Å². The van der Waals surface area contributed by atoms with Crippen LogP contribution in [0.1, 0.15) is 5.56 Å². The fourth-order valence-corrected chi connectivity index (χ4v) is 2.51. The number of aryl methyl sites for hydroxylation is 1. The van der Waals surface area contributed by atoms with Gasteiger partial charge in [0, 0.05) is 31.9 Å². The number of rotatable bonds is 2. The third-order valence-electron chi connectivity index (χ3n) is 3.63. The van der Waals surface area contributed by atoms with Crippen molar-refractivity contribution in [3.8, 4) is 0 Å². The maximum atomic E-state index is 5.57. The molecule has 20 heavy (non-hydrogen) atoms. The van der Waals surface area contributed by atoms with Gasteiger partial charge in [-0.15, -0.1) is 0 Å². The zero-order valence-electron chi connectivity index (χ0n) is 11.7. The highest BCUT2D eigenvalue weighted by Crippen LogP contribution is 2.19. The predicted octanol–water partition coefficient (Wildman–Crippen LogP) is 1.69. The SMILES string of the molecule is Cc1cccc(N2CCN(c3cnc(N)cn3)CC2)c1. The van der Waals surface area contributed by atoms with Gasteiger partial charge in [0.1, 0.15) is 11.6 Å². The molecule has 0 unspecified atom stereocenters. The fourth-order valence-electron chi connectivity index (χ4n) is 2.51. The van der Waals surface area contributed by atoms with Gasteiger partial charge in [0.05, 0.1) is 12.4 Å². The minimum Gasteiger partial charge on any atom is -0.382 e. The van der Waals surface area contributed by atoms with Crippen molar-refractivity contribution in [1.82, 2.24) is 9.97 Å². The molecule has 0 aliphatic carbocycles. The highest BCUT2D eigenvalue weighted by Gasteiger charge is 2.18. The molecule has 1 aromatic carbocycles. The molecular formula is C15H19N5. The van der Waals surface area contributed by atoms with Crippen molar-refractivity contribution in [2.75, 3.05) is 41.7 Å². The average molecular weight is 269 g/mol. The average Bonchev–Trinajstić information content (AvgIpc) is 2.48. The van der Waals surface area contributed by atoms with Gasteiger partial charge >= 0.3 is 0 Å². The molecule has 0 saturated carbocycles. The summed E-state index contributed by atoms with van der Waals surface area (Å²) >= 11 is 0. The van der Waals surface area contributed by atoms with Crippen molar-refractivity contribution in [3.05, 3.63) is 42.2 Å². The summed E-state index contributed by atoms with van der Waals surface area (Å²) in [6, 6.07) is 8.65. The predicted molar refractivity (Wildman–Crippen MR) is 82.0 cm³/mol. The minimum absolute atomic E-state index is 0.465. The van der Waals surface area contributed by atoms with Crippen LogP contribution >= 0.6 is 0 Å². The second kappa shape index (κ2) is 5.36. The molecular weight excluding hydrogens is 250 g/mol. The largest absolute Gasteiger partial charge is 0.382 e. The van der Waals surface area contributed by atoms with Crippen LogP contribution in [0.5, 0.6) is 0 Å². The van der Waals surface area contributed by atoms with Crippen molar-refractivity contribution in [2.45, 2.75) is 6.92 Å². The van der Waals surface area contributed by atoms with Crippen molar-refractivity contribution >= 4 is 17.3 Å². The molecule has 0 radical (unpaired) electrons. The molecule has 0 bridgehead atoms. The summed E-state index contributed by atoms with van der Waals surface area (Å²) in [7, 11) is 0. The van der Waals surface area contributed by atoms with E-state index < -0.39 is 0 Å². The van der Waals surface area contributed by atoms with Crippen molar-refractivity contribution in [3.63, 3.8) is 0 Å². The molecule has 0 amide bonds. The summed E-state index contributed by atoms with van der Waals surface area (Å²) in [6.45, 7) is 6.02. The molecule has 5 heteroatoms. The third-order valence-corrected chi connectivity index (χ3v) is 3.63. The Morgan fingerprint density at radius 3 is 2.40 bits per heavy atom. The van der Waals surface area contributed by atoms with Crippen LogP contribution in [0.3, 0.4) is 0 Å². The molecule has 1 aromatic heterocycles. The second-order valence-corrected chi connectivity index (χ2v) is 5.11. The van der Waals surface area contributed by atoms with Crippen molar-refractivity contribution < 1.29 is 0 Å². The normalized spacial score (nSPS) is 15.4. The lowest BCUT2D eigenvalue weighted by Gasteiger charge is -2.36. The van der Waals surface area contributed by atoms with E-state index in [0.717, 1.165) is 32.0 Å². The van der Waals surface area contributed by atoms with E-state index >= 15 is 0 Å². The Labute approximate surface area is 119 Å². The lowest BCUT2D eigenvalue weighted by atomic mass is 10.2. The van der Waals surface area contributed by atoms with Gasteiger partial charge in [-0.1, -0.05) is 12.1 Å². The number of aromatic nitrogens is 2. The first-order valence-corrected chi connectivity index (χ1v) is 6.86. The maximum Gasteiger partial charge on any atom is 0.147 e. The number of hydrogen-bond donors (Lipinski definition) is 1. The molecule has 3 rings (SSSR count). The molecule has 2 aromatic rings. The summed E-state index contributed by atoms with van der Waals surface area (Å²) in [4.78, 5) is 13.1. The second-order valence-electron chi connectivity index (χ2n) is 5.11. The molecule has 104 valence electrons. The Hall–Kier alpha value is -2.30. The Kier molecular flexibility index (Phi) is 3.41. The van der Waals surface area contributed by atoms with Gasteiger partial charge in [0.25, 0.3) is 0 Å². The van der Waals surface area contributed by atoms with E-state index in [4.69, 9.17) is 5.73 Å². The smallest absolute Gasteiger partial charge is 0.147 e. The molecule has 1 fully saturated rings. The van der Waals surface area contributed by atoms with Crippen LogP contribution in [-0.2, 0) is 0 Å². The molecule has 2 N–H and O–H groups in total. The molecule has 2 heterocycles. The number of piperazine rings is 1. The van der Waals surface area contributed by atoms with Crippen LogP contribution in [0.4, 0.5) is 17.3 Å². The topological polar surface area (TPSA) is 58.3 Å². The van der Waals surface area contributed by atoms with Crippen LogP contribution in [0.25, 0.3) is 0 Å².